The van der Waals surface area contributed by atoms with E-state index in [0.29, 0.717) is 49.4 Å². The molecule has 2 aromatic carbocycles. The molecular weight excluding hydrogens is 363 g/mol. The fourth-order valence-corrected chi connectivity index (χ4v) is 3.58. The lowest BCUT2D eigenvalue weighted by Gasteiger charge is -2.24. The van der Waals surface area contributed by atoms with Gasteiger partial charge in [-0.05, 0) is 42.2 Å². The van der Waals surface area contributed by atoms with E-state index in [1.165, 1.54) is 6.07 Å². The van der Waals surface area contributed by atoms with Crippen molar-refractivity contribution in [3.05, 3.63) is 59.4 Å². The molecule has 2 heterocycles. The van der Waals surface area contributed by atoms with Crippen molar-refractivity contribution in [3.63, 3.8) is 0 Å². The molecule has 0 aromatic heterocycles. The second-order valence-electron chi connectivity index (χ2n) is 6.90. The molecule has 1 fully saturated rings. The average Bonchev–Trinajstić information content (AvgIpc) is 3.30. The van der Waals surface area contributed by atoms with Crippen LogP contribution in [0.1, 0.15) is 24.0 Å². The highest BCUT2D eigenvalue weighted by molar-refractivity contribution is 5.90. The third-order valence-electron chi connectivity index (χ3n) is 5.07. The first-order valence-electron chi connectivity index (χ1n) is 9.31. The number of carbonyl (C=O) groups excluding carboxylic acids is 2. The molecule has 0 saturated carbocycles. The second kappa shape index (κ2) is 7.88. The maximum absolute atomic E-state index is 13.7. The van der Waals surface area contributed by atoms with E-state index in [1.54, 1.807) is 23.1 Å². The molecule has 1 saturated heterocycles. The Morgan fingerprint density at radius 2 is 2.00 bits per heavy atom. The van der Waals surface area contributed by atoms with Crippen LogP contribution in [0.2, 0.25) is 0 Å². The van der Waals surface area contributed by atoms with Gasteiger partial charge in [0.05, 0.1) is 0 Å². The van der Waals surface area contributed by atoms with E-state index in [9.17, 15) is 14.0 Å². The van der Waals surface area contributed by atoms with Gasteiger partial charge in [-0.2, -0.15) is 0 Å². The number of benzene rings is 2. The number of halogens is 1. The summed E-state index contributed by atoms with van der Waals surface area (Å²) in [6, 6.07) is 11.5. The Morgan fingerprint density at radius 3 is 2.86 bits per heavy atom. The Hall–Kier alpha value is -3.09. The number of amides is 2. The van der Waals surface area contributed by atoms with E-state index in [2.05, 4.69) is 5.32 Å². The molecule has 4 rings (SSSR count). The summed E-state index contributed by atoms with van der Waals surface area (Å²) in [6.07, 6.45) is 1.23. The van der Waals surface area contributed by atoms with Crippen LogP contribution >= 0.6 is 0 Å². The van der Waals surface area contributed by atoms with Gasteiger partial charge in [-0.15, -0.1) is 0 Å². The van der Waals surface area contributed by atoms with Crippen LogP contribution in [0, 0.1) is 5.82 Å². The minimum absolute atomic E-state index is 0.0491. The number of hydrogen-bond donors (Lipinski definition) is 1. The minimum Gasteiger partial charge on any atom is -0.454 e. The molecule has 0 aliphatic carbocycles. The molecule has 2 aliphatic heterocycles. The molecule has 28 heavy (non-hydrogen) atoms. The van der Waals surface area contributed by atoms with Crippen LogP contribution in [0.15, 0.2) is 42.5 Å². The van der Waals surface area contributed by atoms with Gasteiger partial charge in [0.15, 0.2) is 11.5 Å². The van der Waals surface area contributed by atoms with E-state index in [0.717, 1.165) is 5.56 Å². The van der Waals surface area contributed by atoms with Crippen LogP contribution in [0.3, 0.4) is 0 Å². The number of fused-ring (bicyclic) bond motifs is 1. The number of ether oxygens (including phenoxy) is 2. The quantitative estimate of drug-likeness (QED) is 0.831. The largest absolute Gasteiger partial charge is 0.454 e. The van der Waals surface area contributed by atoms with E-state index in [1.807, 2.05) is 18.2 Å². The van der Waals surface area contributed by atoms with Gasteiger partial charge in [-0.3, -0.25) is 9.59 Å². The monoisotopic (exact) mass is 384 g/mol. The van der Waals surface area contributed by atoms with Crippen LogP contribution in [0.5, 0.6) is 11.5 Å². The van der Waals surface area contributed by atoms with Crippen molar-refractivity contribution in [1.82, 2.24) is 10.2 Å². The van der Waals surface area contributed by atoms with Crippen molar-refractivity contribution in [1.29, 1.82) is 0 Å². The summed E-state index contributed by atoms with van der Waals surface area (Å²) in [6.45, 7) is 0.845. The van der Waals surface area contributed by atoms with E-state index in [4.69, 9.17) is 9.47 Å². The first-order valence-corrected chi connectivity index (χ1v) is 9.31. The van der Waals surface area contributed by atoms with Crippen molar-refractivity contribution >= 4 is 11.8 Å². The third-order valence-corrected chi connectivity index (χ3v) is 5.07. The Kier molecular flexibility index (Phi) is 5.14. The Labute approximate surface area is 162 Å². The number of hydrogen-bond acceptors (Lipinski definition) is 4. The van der Waals surface area contributed by atoms with Crippen LogP contribution < -0.4 is 14.8 Å². The summed E-state index contributed by atoms with van der Waals surface area (Å²) < 4.78 is 24.4. The maximum Gasteiger partial charge on any atom is 0.242 e. The molecule has 0 bridgehead atoms. The topological polar surface area (TPSA) is 67.9 Å². The second-order valence-corrected chi connectivity index (χ2v) is 6.90. The normalized spacial score (nSPS) is 17.8. The van der Waals surface area contributed by atoms with Crippen molar-refractivity contribution in [2.45, 2.75) is 31.8 Å². The summed E-state index contributed by atoms with van der Waals surface area (Å²) >= 11 is 0. The first-order chi connectivity index (χ1) is 13.6. The standard InChI is InChI=1S/C21H21FN2O4/c22-16-4-2-1-3-15(16)9-10-23-21(26)17-6-8-20(25)24(17)12-14-5-7-18-19(11-14)28-13-27-18/h1-5,7,11,17H,6,8-10,12-13H2,(H,23,26). The van der Waals surface area contributed by atoms with Gasteiger partial charge >= 0.3 is 0 Å². The van der Waals surface area contributed by atoms with Crippen molar-refractivity contribution in [3.8, 4) is 11.5 Å². The molecule has 0 radical (unpaired) electrons. The number of nitrogens with zero attached hydrogens (tertiary/aromatic N) is 1. The highest BCUT2D eigenvalue weighted by Crippen LogP contribution is 2.33. The maximum atomic E-state index is 13.7. The van der Waals surface area contributed by atoms with Crippen LogP contribution in [0.25, 0.3) is 0 Å². The fourth-order valence-electron chi connectivity index (χ4n) is 3.58. The number of rotatable bonds is 6. The predicted octanol–water partition coefficient (Wildman–Crippen LogP) is 2.40. The summed E-state index contributed by atoms with van der Waals surface area (Å²) in [4.78, 5) is 26.5. The van der Waals surface area contributed by atoms with Crippen LogP contribution in [-0.4, -0.2) is 36.1 Å². The fraction of sp³-hybridized carbons (Fsp3) is 0.333. The van der Waals surface area contributed by atoms with Gasteiger partial charge in [-0.25, -0.2) is 4.39 Å². The Bertz CT molecular complexity index is 902. The van der Waals surface area contributed by atoms with Crippen molar-refractivity contribution in [2.24, 2.45) is 0 Å². The van der Waals surface area contributed by atoms with E-state index < -0.39 is 6.04 Å². The SMILES string of the molecule is O=C(NCCc1ccccc1F)C1CCC(=O)N1Cc1ccc2c(c1)OCO2. The lowest BCUT2D eigenvalue weighted by atomic mass is 10.1. The van der Waals surface area contributed by atoms with E-state index >= 15 is 0 Å². The van der Waals surface area contributed by atoms with Crippen molar-refractivity contribution in [2.75, 3.05) is 13.3 Å². The molecule has 146 valence electrons. The Morgan fingerprint density at radius 1 is 1.18 bits per heavy atom. The summed E-state index contributed by atoms with van der Waals surface area (Å²) in [7, 11) is 0. The molecule has 2 aliphatic rings. The van der Waals surface area contributed by atoms with Gasteiger partial charge in [-0.1, -0.05) is 24.3 Å². The predicted molar refractivity (Wildman–Crippen MR) is 99.3 cm³/mol. The molecule has 1 N–H and O–H groups in total. The highest BCUT2D eigenvalue weighted by atomic mass is 19.1. The van der Waals surface area contributed by atoms with Gasteiger partial charge in [0, 0.05) is 19.5 Å². The third kappa shape index (κ3) is 3.78. The summed E-state index contributed by atoms with van der Waals surface area (Å²) in [5, 5.41) is 2.83. The van der Waals surface area contributed by atoms with Crippen LogP contribution in [-0.2, 0) is 22.6 Å². The number of carbonyl (C=O) groups is 2. The molecule has 1 unspecified atom stereocenters. The first kappa shape index (κ1) is 18.3. The van der Waals surface area contributed by atoms with Gasteiger partial charge in [0.2, 0.25) is 18.6 Å². The summed E-state index contributed by atoms with van der Waals surface area (Å²) in [5.74, 6) is 0.793. The molecule has 0 spiro atoms. The highest BCUT2D eigenvalue weighted by Gasteiger charge is 2.36. The number of likely N-dealkylation sites (tertiary alicyclic amines) is 1. The molecule has 7 heteroatoms. The molecule has 2 aromatic rings. The lowest BCUT2D eigenvalue weighted by Crippen LogP contribution is -2.44. The molecular formula is C21H21FN2O4. The smallest absolute Gasteiger partial charge is 0.242 e. The molecule has 1 atom stereocenters. The molecule has 6 nitrogen and oxygen atoms in total. The van der Waals surface area contributed by atoms with Gasteiger partial charge in [0.25, 0.3) is 0 Å². The zero-order valence-electron chi connectivity index (χ0n) is 15.3. The van der Waals surface area contributed by atoms with Gasteiger partial charge in [0.1, 0.15) is 11.9 Å². The zero-order chi connectivity index (χ0) is 19.5. The lowest BCUT2D eigenvalue weighted by molar-refractivity contribution is -0.135. The molecule has 2 amide bonds. The van der Waals surface area contributed by atoms with Gasteiger partial charge < -0.3 is 19.7 Å². The van der Waals surface area contributed by atoms with Crippen molar-refractivity contribution < 1.29 is 23.5 Å². The average molecular weight is 384 g/mol. The number of nitrogens with one attached hydrogen (secondary N) is 1. The summed E-state index contributed by atoms with van der Waals surface area (Å²) in [5.41, 5.74) is 1.44. The minimum atomic E-state index is -0.515. The Balaban J connectivity index is 1.37. The van der Waals surface area contributed by atoms with E-state index in [-0.39, 0.29) is 24.4 Å². The zero-order valence-corrected chi connectivity index (χ0v) is 15.3. The van der Waals surface area contributed by atoms with Crippen LogP contribution in [0.4, 0.5) is 4.39 Å².